The van der Waals surface area contributed by atoms with E-state index in [1.165, 1.54) is 12.4 Å². The predicted octanol–water partition coefficient (Wildman–Crippen LogP) is 2.48. The molecule has 1 saturated heterocycles. The largest absolute Gasteiger partial charge is 0.369 e. The molecule has 1 amide bonds. The number of amides is 1. The minimum absolute atomic E-state index is 0.0659. The number of hydrogen-bond acceptors (Lipinski definition) is 6. The number of carbonyl (C=O) groups excluding carboxylic acids is 1. The molecule has 8 heteroatoms. The molecule has 2 aromatic heterocycles. The molecule has 28 heavy (non-hydrogen) atoms. The lowest BCUT2D eigenvalue weighted by atomic mass is 9.96. The number of aromatic nitrogens is 3. The Hall–Kier alpha value is -3.29. The first-order valence-corrected chi connectivity index (χ1v) is 9.24. The molecule has 144 valence electrons. The van der Waals surface area contributed by atoms with Crippen molar-refractivity contribution in [3.05, 3.63) is 54.2 Å². The topological polar surface area (TPSA) is 97.0 Å². The van der Waals surface area contributed by atoms with Gasteiger partial charge in [-0.3, -0.25) is 4.79 Å². The van der Waals surface area contributed by atoms with Gasteiger partial charge in [0.25, 0.3) is 0 Å². The standard InChI is InChI=1S/C20H21FN6O/c21-16-5-1-4-15-17(16)25-12-26-19(15)24-11-14-3-2-8-23-20(14)27-9-6-13(7-10-27)18(22)28/h1-5,8,12-13H,6-7,9-11H2,(H2,22,28)(H,24,25,26). The zero-order valence-corrected chi connectivity index (χ0v) is 15.3. The van der Waals surface area contributed by atoms with Crippen LogP contribution in [-0.4, -0.2) is 33.9 Å². The van der Waals surface area contributed by atoms with Gasteiger partial charge in [-0.15, -0.1) is 0 Å². The van der Waals surface area contributed by atoms with Crippen molar-refractivity contribution in [3.63, 3.8) is 0 Å². The average molecular weight is 380 g/mol. The molecule has 3 aromatic rings. The first-order chi connectivity index (χ1) is 13.6. The van der Waals surface area contributed by atoms with Crippen molar-refractivity contribution < 1.29 is 9.18 Å². The second kappa shape index (κ2) is 7.75. The number of halogens is 1. The summed E-state index contributed by atoms with van der Waals surface area (Å²) in [5.74, 6) is 0.783. The maximum atomic E-state index is 14.0. The van der Waals surface area contributed by atoms with Crippen molar-refractivity contribution in [2.75, 3.05) is 23.3 Å². The van der Waals surface area contributed by atoms with Crippen LogP contribution in [-0.2, 0) is 11.3 Å². The number of nitrogens with two attached hydrogens (primary N) is 1. The molecule has 0 aliphatic carbocycles. The summed E-state index contributed by atoms with van der Waals surface area (Å²) in [6.07, 6.45) is 4.57. The molecule has 1 fully saturated rings. The molecule has 4 rings (SSSR count). The average Bonchev–Trinajstić information content (AvgIpc) is 2.73. The summed E-state index contributed by atoms with van der Waals surface area (Å²) in [4.78, 5) is 26.4. The third-order valence-electron chi connectivity index (χ3n) is 5.13. The Morgan fingerprint density at radius 1 is 1.18 bits per heavy atom. The Labute approximate surface area is 161 Å². The van der Waals surface area contributed by atoms with Crippen LogP contribution >= 0.6 is 0 Å². The lowest BCUT2D eigenvalue weighted by molar-refractivity contribution is -0.122. The van der Waals surface area contributed by atoms with Crippen molar-refractivity contribution in [3.8, 4) is 0 Å². The van der Waals surface area contributed by atoms with Crippen molar-refractivity contribution in [1.29, 1.82) is 0 Å². The van der Waals surface area contributed by atoms with Gasteiger partial charge in [-0.25, -0.2) is 19.3 Å². The fourth-order valence-corrected chi connectivity index (χ4v) is 3.60. The minimum atomic E-state index is -0.373. The number of fused-ring (bicyclic) bond motifs is 1. The summed E-state index contributed by atoms with van der Waals surface area (Å²) >= 11 is 0. The van der Waals surface area contributed by atoms with Gasteiger partial charge in [0.05, 0.1) is 0 Å². The third kappa shape index (κ3) is 3.58. The van der Waals surface area contributed by atoms with E-state index in [9.17, 15) is 9.18 Å². The summed E-state index contributed by atoms with van der Waals surface area (Å²) in [6, 6.07) is 8.70. The predicted molar refractivity (Wildman–Crippen MR) is 105 cm³/mol. The van der Waals surface area contributed by atoms with Crippen LogP contribution in [0.5, 0.6) is 0 Å². The molecule has 3 heterocycles. The molecule has 0 radical (unpaired) electrons. The first kappa shape index (κ1) is 18.1. The molecular formula is C20H21FN6O. The maximum Gasteiger partial charge on any atom is 0.220 e. The summed E-state index contributed by atoms with van der Waals surface area (Å²) in [7, 11) is 0. The van der Waals surface area contributed by atoms with Crippen LogP contribution in [0.1, 0.15) is 18.4 Å². The van der Waals surface area contributed by atoms with E-state index in [-0.39, 0.29) is 17.6 Å². The highest BCUT2D eigenvalue weighted by molar-refractivity contribution is 5.89. The van der Waals surface area contributed by atoms with Gasteiger partial charge in [-0.2, -0.15) is 0 Å². The number of anilines is 2. The Morgan fingerprint density at radius 2 is 2.00 bits per heavy atom. The van der Waals surface area contributed by atoms with Gasteiger partial charge >= 0.3 is 0 Å². The molecule has 1 aromatic carbocycles. The van der Waals surface area contributed by atoms with Crippen LogP contribution in [0.25, 0.3) is 10.9 Å². The summed E-state index contributed by atoms with van der Waals surface area (Å²) in [5, 5.41) is 3.91. The minimum Gasteiger partial charge on any atom is -0.369 e. The van der Waals surface area contributed by atoms with Crippen LogP contribution in [0.4, 0.5) is 16.0 Å². The van der Waals surface area contributed by atoms with E-state index in [1.807, 2.05) is 12.1 Å². The SMILES string of the molecule is NC(=O)C1CCN(c2ncccc2CNc2ncnc3c(F)cccc23)CC1. The van der Waals surface area contributed by atoms with Gasteiger partial charge in [-0.1, -0.05) is 12.1 Å². The Balaban J connectivity index is 1.53. The van der Waals surface area contributed by atoms with Crippen molar-refractivity contribution >= 4 is 28.4 Å². The number of nitrogens with one attached hydrogen (secondary N) is 1. The van der Waals surface area contributed by atoms with Gasteiger partial charge < -0.3 is 16.0 Å². The highest BCUT2D eigenvalue weighted by Crippen LogP contribution is 2.26. The molecule has 1 aliphatic heterocycles. The lowest BCUT2D eigenvalue weighted by Gasteiger charge is -2.32. The molecule has 0 bridgehead atoms. The number of hydrogen-bond donors (Lipinski definition) is 2. The Bertz CT molecular complexity index is 1000. The van der Waals surface area contributed by atoms with Gasteiger partial charge in [0.1, 0.15) is 29.3 Å². The number of para-hydroxylation sites is 1. The molecule has 1 aliphatic rings. The van der Waals surface area contributed by atoms with E-state index in [4.69, 9.17) is 5.73 Å². The van der Waals surface area contributed by atoms with Crippen LogP contribution in [0, 0.1) is 11.7 Å². The summed E-state index contributed by atoms with van der Waals surface area (Å²) < 4.78 is 14.0. The number of piperidine rings is 1. The summed E-state index contributed by atoms with van der Waals surface area (Å²) in [5.41, 5.74) is 6.72. The second-order valence-electron chi connectivity index (χ2n) is 6.86. The van der Waals surface area contributed by atoms with Gasteiger partial charge in [0.2, 0.25) is 5.91 Å². The smallest absolute Gasteiger partial charge is 0.220 e. The van der Waals surface area contributed by atoms with E-state index >= 15 is 0 Å². The molecule has 0 spiro atoms. The molecule has 0 atom stereocenters. The molecule has 3 N–H and O–H groups in total. The van der Waals surface area contributed by atoms with E-state index in [1.54, 1.807) is 18.3 Å². The fourth-order valence-electron chi connectivity index (χ4n) is 3.60. The highest BCUT2D eigenvalue weighted by atomic mass is 19.1. The Morgan fingerprint density at radius 3 is 2.79 bits per heavy atom. The van der Waals surface area contributed by atoms with Gasteiger partial charge in [0.15, 0.2) is 0 Å². The van der Waals surface area contributed by atoms with Gasteiger partial charge in [-0.05, 0) is 31.0 Å². The fraction of sp³-hybridized carbons (Fsp3) is 0.300. The first-order valence-electron chi connectivity index (χ1n) is 9.24. The normalized spacial score (nSPS) is 15.0. The molecule has 0 unspecified atom stereocenters. The van der Waals surface area contributed by atoms with E-state index < -0.39 is 0 Å². The second-order valence-corrected chi connectivity index (χ2v) is 6.86. The monoisotopic (exact) mass is 380 g/mol. The zero-order chi connectivity index (χ0) is 19.5. The number of primary amides is 1. The van der Waals surface area contributed by atoms with Gasteiger partial charge in [0, 0.05) is 42.7 Å². The Kier molecular flexibility index (Phi) is 5.01. The van der Waals surface area contributed by atoms with Crippen LogP contribution in [0.3, 0.4) is 0 Å². The molecule has 0 saturated carbocycles. The molecule has 7 nitrogen and oxygen atoms in total. The zero-order valence-electron chi connectivity index (χ0n) is 15.3. The third-order valence-corrected chi connectivity index (χ3v) is 5.13. The van der Waals surface area contributed by atoms with E-state index in [0.717, 1.165) is 37.3 Å². The lowest BCUT2D eigenvalue weighted by Crippen LogP contribution is -2.39. The number of carbonyl (C=O) groups is 1. The van der Waals surface area contributed by atoms with Crippen molar-refractivity contribution in [2.24, 2.45) is 11.7 Å². The van der Waals surface area contributed by atoms with Crippen LogP contribution in [0.15, 0.2) is 42.9 Å². The maximum absolute atomic E-state index is 14.0. The van der Waals surface area contributed by atoms with E-state index in [2.05, 4.69) is 25.2 Å². The number of pyridine rings is 1. The number of benzene rings is 1. The van der Waals surface area contributed by atoms with Crippen LogP contribution < -0.4 is 16.0 Å². The number of nitrogens with zero attached hydrogens (tertiary/aromatic N) is 4. The van der Waals surface area contributed by atoms with Crippen molar-refractivity contribution in [2.45, 2.75) is 19.4 Å². The molecular weight excluding hydrogens is 359 g/mol. The van der Waals surface area contributed by atoms with Crippen LogP contribution in [0.2, 0.25) is 0 Å². The quantitative estimate of drug-likeness (QED) is 0.706. The highest BCUT2D eigenvalue weighted by Gasteiger charge is 2.25. The number of rotatable bonds is 5. The van der Waals surface area contributed by atoms with E-state index in [0.29, 0.717) is 23.3 Å². The van der Waals surface area contributed by atoms with Crippen molar-refractivity contribution in [1.82, 2.24) is 15.0 Å². The summed E-state index contributed by atoms with van der Waals surface area (Å²) in [6.45, 7) is 1.96.